The molecule has 2 aromatic carbocycles. The van der Waals surface area contributed by atoms with Crippen molar-refractivity contribution in [2.45, 2.75) is 53.6 Å². The Labute approximate surface area is 192 Å². The molecule has 0 fully saturated rings. The van der Waals surface area contributed by atoms with Crippen molar-refractivity contribution >= 4 is 6.41 Å². The highest BCUT2D eigenvalue weighted by Gasteiger charge is 2.31. The third kappa shape index (κ3) is 8.65. The number of alkyl halides is 3. The average molecular weight is 466 g/mol. The Hall–Kier alpha value is -3.26. The van der Waals surface area contributed by atoms with Crippen LogP contribution in [0.3, 0.4) is 0 Å². The number of amides is 1. The van der Waals surface area contributed by atoms with E-state index in [2.05, 4.69) is 16.6 Å². The van der Waals surface area contributed by atoms with Crippen molar-refractivity contribution < 1.29 is 32.5 Å². The zero-order chi connectivity index (χ0) is 25.0. The lowest BCUT2D eigenvalue weighted by Gasteiger charge is -2.19. The Balaban J connectivity index is 0.00000172. The van der Waals surface area contributed by atoms with E-state index >= 15 is 0 Å². The lowest BCUT2D eigenvalue weighted by molar-refractivity contribution is -0.274. The Bertz CT molecular complexity index is 952. The summed E-state index contributed by atoms with van der Waals surface area (Å²) >= 11 is 0. The van der Waals surface area contributed by atoms with Crippen LogP contribution in [0.15, 0.2) is 54.8 Å². The van der Waals surface area contributed by atoms with E-state index in [0.29, 0.717) is 40.0 Å². The van der Waals surface area contributed by atoms with Crippen LogP contribution in [0.2, 0.25) is 0 Å². The number of benzene rings is 2. The Morgan fingerprint density at radius 1 is 1.24 bits per heavy atom. The van der Waals surface area contributed by atoms with E-state index in [-0.39, 0.29) is 18.9 Å². The number of rotatable bonds is 9. The Morgan fingerprint density at radius 2 is 1.85 bits per heavy atom. The maximum atomic E-state index is 12.4. The van der Waals surface area contributed by atoms with Gasteiger partial charge in [0.25, 0.3) is 0 Å². The summed E-state index contributed by atoms with van der Waals surface area (Å²) in [6, 6.07) is 7.26. The number of ether oxygens (including phenoxy) is 2. The second-order valence-electron chi connectivity index (χ2n) is 7.09. The lowest BCUT2D eigenvalue weighted by atomic mass is 9.93. The summed E-state index contributed by atoms with van der Waals surface area (Å²) in [7, 11) is 0. The molecule has 0 aromatic heterocycles. The number of halogens is 3. The maximum absolute atomic E-state index is 12.4. The molecule has 33 heavy (non-hydrogen) atoms. The molecule has 0 heterocycles. The van der Waals surface area contributed by atoms with Crippen LogP contribution >= 0.6 is 0 Å². The fraction of sp³-hybridized carbons (Fsp3) is 0.320. The summed E-state index contributed by atoms with van der Waals surface area (Å²) in [4.78, 5) is 10.8. The van der Waals surface area contributed by atoms with E-state index in [9.17, 15) is 23.1 Å². The summed E-state index contributed by atoms with van der Waals surface area (Å²) in [6.45, 7) is 10.8. The minimum Gasteiger partial charge on any atom is -0.464 e. The van der Waals surface area contributed by atoms with E-state index in [1.165, 1.54) is 24.3 Å². The van der Waals surface area contributed by atoms with Crippen LogP contribution in [0.1, 0.15) is 43.9 Å². The van der Waals surface area contributed by atoms with Crippen LogP contribution in [0, 0.1) is 6.92 Å². The highest BCUT2D eigenvalue weighted by Crippen LogP contribution is 2.37. The molecule has 0 unspecified atom stereocenters. The molecule has 0 bridgehead atoms. The standard InChI is InChI=1S/C22H24F3NO4.C3H6/c1-4-14(2)12-29-21-15(3)19(9-17(10-26-13-28)20(21)11-27)16-5-7-18(8-6-16)30-22(23,24)25;1-3-2/h5-9,12-13,27H,4,10-11H2,1-3H3,(H,26,28);3H,1H2,2H3/b14-12+;. The smallest absolute Gasteiger partial charge is 0.464 e. The largest absolute Gasteiger partial charge is 0.573 e. The molecule has 0 spiro atoms. The van der Waals surface area contributed by atoms with Gasteiger partial charge < -0.3 is 19.9 Å². The molecular weight excluding hydrogens is 435 g/mol. The second-order valence-corrected chi connectivity index (χ2v) is 7.09. The van der Waals surface area contributed by atoms with Crippen LogP contribution < -0.4 is 14.8 Å². The molecule has 180 valence electrons. The summed E-state index contributed by atoms with van der Waals surface area (Å²) in [5.41, 5.74) is 4.20. The minimum absolute atomic E-state index is 0.161. The fourth-order valence-electron chi connectivity index (χ4n) is 2.89. The third-order valence-electron chi connectivity index (χ3n) is 4.59. The SMILES string of the molecule is C=CC.CC/C(C)=C/Oc1c(C)c(-c2ccc(OC(F)(F)F)cc2)cc(CNC=O)c1CO. The number of hydrogen-bond acceptors (Lipinski definition) is 4. The van der Waals surface area contributed by atoms with Gasteiger partial charge in [-0.3, -0.25) is 4.79 Å². The van der Waals surface area contributed by atoms with E-state index in [0.717, 1.165) is 12.0 Å². The van der Waals surface area contributed by atoms with E-state index in [4.69, 9.17) is 4.74 Å². The van der Waals surface area contributed by atoms with Gasteiger partial charge in [0.05, 0.1) is 12.9 Å². The molecule has 0 aliphatic heterocycles. The fourth-order valence-corrected chi connectivity index (χ4v) is 2.89. The predicted molar refractivity (Wildman–Crippen MR) is 123 cm³/mol. The number of nitrogens with one attached hydrogen (secondary N) is 1. The quantitative estimate of drug-likeness (QED) is 0.264. The highest BCUT2D eigenvalue weighted by atomic mass is 19.4. The van der Waals surface area contributed by atoms with Crippen LogP contribution in [-0.2, 0) is 17.9 Å². The average Bonchev–Trinajstić information content (AvgIpc) is 2.76. The molecule has 2 N–H and O–H groups in total. The first kappa shape index (κ1) is 27.8. The zero-order valence-corrected chi connectivity index (χ0v) is 19.3. The van der Waals surface area contributed by atoms with Gasteiger partial charge in [-0.2, -0.15) is 0 Å². The van der Waals surface area contributed by atoms with Crippen molar-refractivity contribution in [2.75, 3.05) is 0 Å². The topological polar surface area (TPSA) is 67.8 Å². The van der Waals surface area contributed by atoms with Gasteiger partial charge in [0.2, 0.25) is 6.41 Å². The van der Waals surface area contributed by atoms with Crippen molar-refractivity contribution in [1.82, 2.24) is 5.32 Å². The van der Waals surface area contributed by atoms with Gasteiger partial charge in [-0.15, -0.1) is 19.8 Å². The van der Waals surface area contributed by atoms with Gasteiger partial charge in [0.1, 0.15) is 11.5 Å². The predicted octanol–water partition coefficient (Wildman–Crippen LogP) is 6.18. The highest BCUT2D eigenvalue weighted by molar-refractivity contribution is 5.73. The molecule has 0 saturated carbocycles. The molecule has 0 aliphatic rings. The van der Waals surface area contributed by atoms with Crippen molar-refractivity contribution in [3.05, 3.63) is 71.5 Å². The number of carbonyl (C=O) groups is 1. The van der Waals surface area contributed by atoms with E-state index in [1.807, 2.05) is 20.8 Å². The number of aliphatic hydroxyl groups excluding tert-OH is 1. The van der Waals surface area contributed by atoms with E-state index in [1.54, 1.807) is 25.3 Å². The number of allylic oxidation sites excluding steroid dienone is 2. The van der Waals surface area contributed by atoms with Crippen molar-refractivity contribution in [1.29, 1.82) is 0 Å². The third-order valence-corrected chi connectivity index (χ3v) is 4.59. The lowest BCUT2D eigenvalue weighted by Crippen LogP contribution is -2.17. The molecule has 0 aliphatic carbocycles. The maximum Gasteiger partial charge on any atom is 0.573 e. The van der Waals surface area contributed by atoms with Crippen molar-refractivity contribution in [3.8, 4) is 22.6 Å². The zero-order valence-electron chi connectivity index (χ0n) is 19.3. The summed E-state index contributed by atoms with van der Waals surface area (Å²) < 4.78 is 47.0. The Kier molecular flexibility index (Phi) is 11.2. The number of hydrogen-bond donors (Lipinski definition) is 2. The van der Waals surface area contributed by atoms with Crippen LogP contribution in [-0.4, -0.2) is 17.9 Å². The first-order valence-electron chi connectivity index (χ1n) is 10.3. The van der Waals surface area contributed by atoms with Gasteiger partial charge in [0.15, 0.2) is 0 Å². The molecule has 0 saturated heterocycles. The second kappa shape index (κ2) is 13.3. The molecule has 8 heteroatoms. The Morgan fingerprint density at radius 3 is 2.33 bits per heavy atom. The van der Waals surface area contributed by atoms with Crippen LogP contribution in [0.4, 0.5) is 13.2 Å². The van der Waals surface area contributed by atoms with Gasteiger partial charge in [-0.05, 0) is 73.2 Å². The summed E-state index contributed by atoms with van der Waals surface area (Å²) in [5.74, 6) is 0.123. The molecule has 0 atom stereocenters. The van der Waals surface area contributed by atoms with Gasteiger partial charge in [0, 0.05) is 12.1 Å². The van der Waals surface area contributed by atoms with Gasteiger partial charge in [-0.25, -0.2) is 0 Å². The molecule has 1 amide bonds. The molecular formula is C25H30F3NO4. The van der Waals surface area contributed by atoms with Gasteiger partial charge in [-0.1, -0.05) is 25.1 Å². The van der Waals surface area contributed by atoms with Crippen LogP contribution in [0.5, 0.6) is 11.5 Å². The molecule has 2 aromatic rings. The van der Waals surface area contributed by atoms with E-state index < -0.39 is 6.36 Å². The number of aliphatic hydroxyl groups is 1. The summed E-state index contributed by atoms with van der Waals surface area (Å²) in [5, 5.41) is 12.5. The van der Waals surface area contributed by atoms with Crippen LogP contribution in [0.25, 0.3) is 11.1 Å². The molecule has 2 rings (SSSR count). The minimum atomic E-state index is -4.77. The molecule has 0 radical (unpaired) electrons. The first-order valence-corrected chi connectivity index (χ1v) is 10.3. The normalized spacial score (nSPS) is 11.2. The first-order chi connectivity index (χ1) is 15.6. The monoisotopic (exact) mass is 465 g/mol. The number of carbonyl (C=O) groups excluding carboxylic acids is 1. The summed E-state index contributed by atoms with van der Waals surface area (Å²) in [6.07, 6.45) is -0.0835. The van der Waals surface area contributed by atoms with Gasteiger partial charge >= 0.3 is 6.36 Å². The molecule has 5 nitrogen and oxygen atoms in total. The van der Waals surface area contributed by atoms with Crippen molar-refractivity contribution in [2.24, 2.45) is 0 Å². The van der Waals surface area contributed by atoms with Crippen molar-refractivity contribution in [3.63, 3.8) is 0 Å².